The van der Waals surface area contributed by atoms with Gasteiger partial charge < -0.3 is 5.32 Å². The summed E-state index contributed by atoms with van der Waals surface area (Å²) in [6, 6.07) is 8.03. The second-order valence-corrected chi connectivity index (χ2v) is 5.59. The molecule has 0 spiro atoms. The quantitative estimate of drug-likeness (QED) is 0.765. The molecule has 1 N–H and O–H groups in total. The Hall–Kier alpha value is -0.960. The SMILES string of the molecule is CC(S)CCC(=O)Nc1ccc(C(C)C)cc1. The van der Waals surface area contributed by atoms with Gasteiger partial charge in [-0.25, -0.2) is 0 Å². The zero-order valence-electron chi connectivity index (χ0n) is 10.7. The smallest absolute Gasteiger partial charge is 0.224 e. The minimum Gasteiger partial charge on any atom is -0.326 e. The van der Waals surface area contributed by atoms with E-state index in [0.29, 0.717) is 12.3 Å². The molecule has 1 unspecified atom stereocenters. The Kier molecular flexibility index (Phi) is 5.56. The predicted molar refractivity (Wildman–Crippen MR) is 76.8 cm³/mol. The molecule has 1 atom stereocenters. The van der Waals surface area contributed by atoms with Crippen molar-refractivity contribution >= 4 is 24.2 Å². The van der Waals surface area contributed by atoms with Crippen LogP contribution in [-0.2, 0) is 4.79 Å². The molecule has 0 radical (unpaired) electrons. The number of carbonyl (C=O) groups is 1. The molecule has 1 aromatic rings. The van der Waals surface area contributed by atoms with Crippen LogP contribution in [0.3, 0.4) is 0 Å². The summed E-state index contributed by atoms with van der Waals surface area (Å²) >= 11 is 4.25. The molecule has 17 heavy (non-hydrogen) atoms. The van der Waals surface area contributed by atoms with E-state index in [1.54, 1.807) is 0 Å². The van der Waals surface area contributed by atoms with Crippen LogP contribution < -0.4 is 5.32 Å². The number of amides is 1. The molecule has 0 bridgehead atoms. The van der Waals surface area contributed by atoms with E-state index in [1.807, 2.05) is 19.1 Å². The second kappa shape index (κ2) is 6.70. The molecule has 1 amide bonds. The number of thiol groups is 1. The van der Waals surface area contributed by atoms with Crippen molar-refractivity contribution in [2.75, 3.05) is 5.32 Å². The van der Waals surface area contributed by atoms with E-state index in [4.69, 9.17) is 0 Å². The zero-order valence-corrected chi connectivity index (χ0v) is 11.6. The highest BCUT2D eigenvalue weighted by Gasteiger charge is 2.05. The van der Waals surface area contributed by atoms with Gasteiger partial charge in [-0.3, -0.25) is 4.79 Å². The van der Waals surface area contributed by atoms with Gasteiger partial charge >= 0.3 is 0 Å². The minimum absolute atomic E-state index is 0.0585. The van der Waals surface area contributed by atoms with Crippen LogP contribution in [0.5, 0.6) is 0 Å². The number of nitrogens with one attached hydrogen (secondary N) is 1. The van der Waals surface area contributed by atoms with Gasteiger partial charge in [0.2, 0.25) is 5.91 Å². The van der Waals surface area contributed by atoms with Crippen LogP contribution >= 0.6 is 12.6 Å². The molecule has 0 aliphatic heterocycles. The molecule has 0 saturated heterocycles. The Balaban J connectivity index is 2.48. The zero-order chi connectivity index (χ0) is 12.8. The maximum atomic E-state index is 11.6. The van der Waals surface area contributed by atoms with Crippen molar-refractivity contribution in [2.45, 2.75) is 44.8 Å². The third kappa shape index (κ3) is 5.26. The molecule has 2 nitrogen and oxygen atoms in total. The number of hydrogen-bond donors (Lipinski definition) is 2. The van der Waals surface area contributed by atoms with Crippen molar-refractivity contribution in [1.29, 1.82) is 0 Å². The summed E-state index contributed by atoms with van der Waals surface area (Å²) in [7, 11) is 0. The lowest BCUT2D eigenvalue weighted by Crippen LogP contribution is -2.12. The highest BCUT2D eigenvalue weighted by molar-refractivity contribution is 7.80. The minimum atomic E-state index is 0.0585. The fourth-order valence-electron chi connectivity index (χ4n) is 1.51. The van der Waals surface area contributed by atoms with E-state index in [0.717, 1.165) is 12.1 Å². The summed E-state index contributed by atoms with van der Waals surface area (Å²) in [4.78, 5) is 11.6. The third-order valence-corrected chi connectivity index (χ3v) is 2.91. The predicted octanol–water partition coefficient (Wildman–Crippen LogP) is 3.85. The Morgan fingerprint density at radius 1 is 1.24 bits per heavy atom. The summed E-state index contributed by atoms with van der Waals surface area (Å²) in [6.07, 6.45) is 1.33. The third-order valence-electron chi connectivity index (χ3n) is 2.65. The molecule has 3 heteroatoms. The highest BCUT2D eigenvalue weighted by Crippen LogP contribution is 2.17. The largest absolute Gasteiger partial charge is 0.326 e. The summed E-state index contributed by atoms with van der Waals surface area (Å²) in [6.45, 7) is 6.30. The Morgan fingerprint density at radius 2 is 1.82 bits per heavy atom. The van der Waals surface area contributed by atoms with Crippen LogP contribution in [0.1, 0.15) is 45.1 Å². The van der Waals surface area contributed by atoms with Gasteiger partial charge in [0.1, 0.15) is 0 Å². The lowest BCUT2D eigenvalue weighted by Gasteiger charge is -2.09. The van der Waals surface area contributed by atoms with Gasteiger partial charge in [-0.1, -0.05) is 32.9 Å². The normalized spacial score (nSPS) is 12.5. The van der Waals surface area contributed by atoms with Crippen molar-refractivity contribution in [3.05, 3.63) is 29.8 Å². The lowest BCUT2D eigenvalue weighted by atomic mass is 10.0. The van der Waals surface area contributed by atoms with E-state index < -0.39 is 0 Å². The lowest BCUT2D eigenvalue weighted by molar-refractivity contribution is -0.116. The van der Waals surface area contributed by atoms with Gasteiger partial charge in [-0.2, -0.15) is 12.6 Å². The molecule has 1 rings (SSSR count). The molecule has 0 aliphatic rings. The van der Waals surface area contributed by atoms with Gasteiger partial charge in [0.05, 0.1) is 0 Å². The first-order valence-corrected chi connectivity index (χ1v) is 6.58. The fraction of sp³-hybridized carbons (Fsp3) is 0.500. The van der Waals surface area contributed by atoms with Gasteiger partial charge in [-0.05, 0) is 35.3 Å². The van der Waals surface area contributed by atoms with Crippen molar-refractivity contribution < 1.29 is 4.79 Å². The maximum Gasteiger partial charge on any atom is 0.224 e. The summed E-state index contributed by atoms with van der Waals surface area (Å²) < 4.78 is 0. The molecular formula is C14H21NOS. The average Bonchev–Trinajstić information content (AvgIpc) is 2.27. The number of rotatable bonds is 5. The van der Waals surface area contributed by atoms with Crippen molar-refractivity contribution in [3.63, 3.8) is 0 Å². The molecular weight excluding hydrogens is 230 g/mol. The Morgan fingerprint density at radius 3 is 2.29 bits per heavy atom. The summed E-state index contributed by atoms with van der Waals surface area (Å²) in [5.74, 6) is 0.577. The van der Waals surface area contributed by atoms with Gasteiger partial charge in [0, 0.05) is 12.1 Å². The van der Waals surface area contributed by atoms with Crippen molar-refractivity contribution in [3.8, 4) is 0 Å². The Bertz CT molecular complexity index is 357. The molecule has 94 valence electrons. The van der Waals surface area contributed by atoms with Crippen LogP contribution in [0.15, 0.2) is 24.3 Å². The van der Waals surface area contributed by atoms with E-state index in [-0.39, 0.29) is 11.2 Å². The van der Waals surface area contributed by atoms with E-state index in [2.05, 4.69) is 43.9 Å². The monoisotopic (exact) mass is 251 g/mol. The van der Waals surface area contributed by atoms with Crippen LogP contribution in [0.4, 0.5) is 5.69 Å². The topological polar surface area (TPSA) is 29.1 Å². The van der Waals surface area contributed by atoms with Crippen LogP contribution in [0, 0.1) is 0 Å². The van der Waals surface area contributed by atoms with E-state index in [1.165, 1.54) is 5.56 Å². The average molecular weight is 251 g/mol. The summed E-state index contributed by atoms with van der Waals surface area (Å²) in [5.41, 5.74) is 2.15. The van der Waals surface area contributed by atoms with Gasteiger partial charge in [-0.15, -0.1) is 0 Å². The molecule has 1 aromatic carbocycles. The standard InChI is InChI=1S/C14H21NOS/c1-10(2)12-5-7-13(8-6-12)15-14(16)9-4-11(3)17/h5-8,10-11,17H,4,9H2,1-3H3,(H,15,16). The Labute approximate surface area is 109 Å². The first-order chi connectivity index (χ1) is 7.99. The molecule has 0 fully saturated rings. The van der Waals surface area contributed by atoms with Crippen molar-refractivity contribution in [2.24, 2.45) is 0 Å². The summed E-state index contributed by atoms with van der Waals surface area (Å²) in [5, 5.41) is 3.16. The molecule has 0 saturated carbocycles. The van der Waals surface area contributed by atoms with Crippen LogP contribution in [0.25, 0.3) is 0 Å². The fourth-order valence-corrected chi connectivity index (χ4v) is 1.64. The number of benzene rings is 1. The van der Waals surface area contributed by atoms with E-state index >= 15 is 0 Å². The van der Waals surface area contributed by atoms with Crippen LogP contribution in [-0.4, -0.2) is 11.2 Å². The number of carbonyl (C=O) groups excluding carboxylic acids is 1. The first kappa shape index (κ1) is 14.1. The van der Waals surface area contributed by atoms with Crippen LogP contribution in [0.2, 0.25) is 0 Å². The highest BCUT2D eigenvalue weighted by atomic mass is 32.1. The van der Waals surface area contributed by atoms with Gasteiger partial charge in [0.25, 0.3) is 0 Å². The van der Waals surface area contributed by atoms with Crippen molar-refractivity contribution in [1.82, 2.24) is 0 Å². The van der Waals surface area contributed by atoms with Gasteiger partial charge in [0.15, 0.2) is 0 Å². The first-order valence-electron chi connectivity index (χ1n) is 6.07. The van der Waals surface area contributed by atoms with E-state index in [9.17, 15) is 4.79 Å². The number of hydrogen-bond acceptors (Lipinski definition) is 2. The molecule has 0 heterocycles. The maximum absolute atomic E-state index is 11.6. The number of anilines is 1. The molecule has 0 aromatic heterocycles. The second-order valence-electron chi connectivity index (χ2n) is 4.71. The molecule has 0 aliphatic carbocycles.